The van der Waals surface area contributed by atoms with Crippen molar-refractivity contribution in [1.82, 2.24) is 5.32 Å². The molecule has 6 nitrogen and oxygen atoms in total. The first kappa shape index (κ1) is 20.5. The Kier molecular flexibility index (Phi) is 7.88. The lowest BCUT2D eigenvalue weighted by Crippen LogP contribution is -2.32. The molecule has 0 aliphatic rings. The van der Waals surface area contributed by atoms with E-state index in [0.717, 1.165) is 5.56 Å². The first-order valence-electron chi connectivity index (χ1n) is 8.23. The molecule has 142 valence electrons. The van der Waals surface area contributed by atoms with Gasteiger partial charge < -0.3 is 9.47 Å². The maximum absolute atomic E-state index is 12.2. The fraction of sp³-hybridized carbons (Fsp3) is 0.250. The summed E-state index contributed by atoms with van der Waals surface area (Å²) in [6, 6.07) is 14.0. The Morgan fingerprint density at radius 1 is 1.07 bits per heavy atom. The zero-order valence-corrected chi connectivity index (χ0v) is 16.0. The number of nitrogens with one attached hydrogen (secondary N) is 1. The molecule has 0 aliphatic carbocycles. The summed E-state index contributed by atoms with van der Waals surface area (Å²) in [6.45, 7) is -0.0686. The number of thioether (sulfide) groups is 1. The maximum Gasteiger partial charge on any atom is 0.239 e. The minimum atomic E-state index is -0.349. The second-order valence-corrected chi connectivity index (χ2v) is 6.68. The van der Waals surface area contributed by atoms with Gasteiger partial charge in [-0.3, -0.25) is 19.7 Å². The number of ether oxygens (including phenoxy) is 2. The number of benzene rings is 2. The van der Waals surface area contributed by atoms with E-state index in [0.29, 0.717) is 29.9 Å². The van der Waals surface area contributed by atoms with E-state index in [9.17, 15) is 14.4 Å². The molecular formula is C20H21NO5S. The summed E-state index contributed by atoms with van der Waals surface area (Å²) in [5.74, 6) is 0.810. The topological polar surface area (TPSA) is 81.7 Å². The minimum Gasteiger partial charge on any atom is -0.497 e. The van der Waals surface area contributed by atoms with Crippen LogP contribution >= 0.6 is 11.8 Å². The van der Waals surface area contributed by atoms with Crippen molar-refractivity contribution in [3.63, 3.8) is 0 Å². The lowest BCUT2D eigenvalue weighted by Gasteiger charge is -2.13. The van der Waals surface area contributed by atoms with E-state index in [-0.39, 0.29) is 23.5 Å². The third kappa shape index (κ3) is 6.14. The summed E-state index contributed by atoms with van der Waals surface area (Å²) < 4.78 is 10.6. The van der Waals surface area contributed by atoms with Gasteiger partial charge in [0.2, 0.25) is 12.3 Å². The second kappa shape index (κ2) is 10.4. The van der Waals surface area contributed by atoms with Crippen LogP contribution < -0.4 is 14.8 Å². The van der Waals surface area contributed by atoms with Crippen molar-refractivity contribution in [3.05, 3.63) is 59.7 Å². The molecule has 0 fully saturated rings. The summed E-state index contributed by atoms with van der Waals surface area (Å²) in [7, 11) is 1.57. The fourth-order valence-corrected chi connectivity index (χ4v) is 3.02. The number of methoxy groups -OCH3 is 1. The number of hydrogen-bond donors (Lipinski definition) is 1. The Bertz CT molecular complexity index is 774. The predicted molar refractivity (Wildman–Crippen MR) is 104 cm³/mol. The van der Waals surface area contributed by atoms with Crippen LogP contribution in [0.1, 0.15) is 15.9 Å². The smallest absolute Gasteiger partial charge is 0.239 e. The summed E-state index contributed by atoms with van der Waals surface area (Å²) in [5.41, 5.74) is 1.49. The van der Waals surface area contributed by atoms with Crippen LogP contribution in [0.15, 0.2) is 48.5 Å². The van der Waals surface area contributed by atoms with E-state index in [1.54, 1.807) is 43.5 Å². The van der Waals surface area contributed by atoms with Crippen molar-refractivity contribution < 1.29 is 23.9 Å². The second-order valence-electron chi connectivity index (χ2n) is 5.64. The van der Waals surface area contributed by atoms with Crippen LogP contribution in [0.25, 0.3) is 0 Å². The lowest BCUT2D eigenvalue weighted by molar-refractivity contribution is -0.124. The number of amides is 2. The average Bonchev–Trinajstić information content (AvgIpc) is 2.71. The van der Waals surface area contributed by atoms with E-state index < -0.39 is 0 Å². The predicted octanol–water partition coefficient (Wildman–Crippen LogP) is 2.50. The highest BCUT2D eigenvalue weighted by molar-refractivity contribution is 7.99. The zero-order chi connectivity index (χ0) is 19.6. The van der Waals surface area contributed by atoms with Crippen LogP contribution in [0.3, 0.4) is 0 Å². The Balaban J connectivity index is 1.90. The first-order chi connectivity index (χ1) is 13.1. The average molecular weight is 387 g/mol. The van der Waals surface area contributed by atoms with Gasteiger partial charge in [0, 0.05) is 5.56 Å². The summed E-state index contributed by atoms with van der Waals surface area (Å²) in [6.07, 6.45) is 2.70. The van der Waals surface area contributed by atoms with Crippen molar-refractivity contribution in [2.45, 2.75) is 11.7 Å². The van der Waals surface area contributed by atoms with Crippen LogP contribution in [0.2, 0.25) is 0 Å². The molecule has 0 aliphatic heterocycles. The number of Topliss-reactive ketones (excluding diaryl/α,β-unsaturated/α-hetero) is 1. The normalized spacial score (nSPS) is 11.3. The highest BCUT2D eigenvalue weighted by atomic mass is 32.2. The maximum atomic E-state index is 12.2. The van der Waals surface area contributed by atoms with Gasteiger partial charge in [-0.1, -0.05) is 12.1 Å². The third-order valence-electron chi connectivity index (χ3n) is 3.90. The first-order valence-corrected chi connectivity index (χ1v) is 9.52. The quantitative estimate of drug-likeness (QED) is 0.498. The number of hydrogen-bond acceptors (Lipinski definition) is 6. The molecule has 1 unspecified atom stereocenters. The van der Waals surface area contributed by atoms with Crippen molar-refractivity contribution in [2.75, 3.05) is 20.0 Å². The van der Waals surface area contributed by atoms with Crippen molar-refractivity contribution in [3.8, 4) is 11.5 Å². The van der Waals surface area contributed by atoms with E-state index in [1.165, 1.54) is 11.8 Å². The van der Waals surface area contributed by atoms with E-state index in [1.807, 2.05) is 18.4 Å². The molecule has 0 spiro atoms. The molecule has 2 rings (SSSR count). The molecule has 0 heterocycles. The number of rotatable bonds is 10. The van der Waals surface area contributed by atoms with E-state index in [4.69, 9.17) is 9.47 Å². The van der Waals surface area contributed by atoms with Crippen LogP contribution in [0.4, 0.5) is 0 Å². The molecule has 0 radical (unpaired) electrons. The standard InChI is InChI=1S/C20H21NO5S/c1-25-16-9-5-15(6-10-16)18(23)12-26-17-7-3-14(4-8-17)11-19(27-2)20(24)21-13-22/h3-10,13,19H,11-12H2,1-2H3,(H,21,22,24). The molecule has 0 bridgehead atoms. The fourth-order valence-electron chi connectivity index (χ4n) is 2.38. The molecule has 2 aromatic carbocycles. The van der Waals surface area contributed by atoms with Gasteiger partial charge in [0.05, 0.1) is 12.4 Å². The molecular weight excluding hydrogens is 366 g/mol. The van der Waals surface area contributed by atoms with E-state index >= 15 is 0 Å². The SMILES string of the molecule is COc1ccc(C(=O)COc2ccc(CC(SC)C(=O)NC=O)cc2)cc1. The van der Waals surface area contributed by atoms with Crippen LogP contribution in [0.5, 0.6) is 11.5 Å². The molecule has 2 aromatic rings. The molecule has 27 heavy (non-hydrogen) atoms. The van der Waals surface area contributed by atoms with Gasteiger partial charge in [0.15, 0.2) is 12.4 Å². The van der Waals surface area contributed by atoms with Crippen LogP contribution in [-0.2, 0) is 16.0 Å². The number of imide groups is 1. The van der Waals surface area contributed by atoms with Gasteiger partial charge in [0.25, 0.3) is 0 Å². The lowest BCUT2D eigenvalue weighted by atomic mass is 10.1. The summed E-state index contributed by atoms with van der Waals surface area (Å²) in [4.78, 5) is 34.3. The van der Waals surface area contributed by atoms with Crippen LogP contribution in [-0.4, -0.2) is 43.3 Å². The third-order valence-corrected chi connectivity index (χ3v) is 4.85. The van der Waals surface area contributed by atoms with Crippen molar-refractivity contribution >= 4 is 29.9 Å². The van der Waals surface area contributed by atoms with Crippen molar-refractivity contribution in [2.24, 2.45) is 0 Å². The molecule has 2 amide bonds. The summed E-state index contributed by atoms with van der Waals surface area (Å²) >= 11 is 1.38. The molecule has 0 saturated carbocycles. The molecule has 7 heteroatoms. The number of carbonyl (C=O) groups excluding carboxylic acids is 3. The Hall–Kier alpha value is -2.80. The molecule has 0 saturated heterocycles. The highest BCUT2D eigenvalue weighted by Gasteiger charge is 2.17. The summed E-state index contributed by atoms with van der Waals surface area (Å²) in [5, 5.41) is 1.82. The molecule has 1 atom stereocenters. The largest absolute Gasteiger partial charge is 0.497 e. The zero-order valence-electron chi connectivity index (χ0n) is 15.1. The Morgan fingerprint density at radius 2 is 1.70 bits per heavy atom. The van der Waals surface area contributed by atoms with Crippen LogP contribution in [0, 0.1) is 0 Å². The van der Waals surface area contributed by atoms with Crippen molar-refractivity contribution in [1.29, 1.82) is 0 Å². The monoisotopic (exact) mass is 387 g/mol. The van der Waals surface area contributed by atoms with Gasteiger partial charge in [-0.05, 0) is 54.6 Å². The highest BCUT2D eigenvalue weighted by Crippen LogP contribution is 2.18. The van der Waals surface area contributed by atoms with Gasteiger partial charge >= 0.3 is 0 Å². The van der Waals surface area contributed by atoms with Gasteiger partial charge in [-0.25, -0.2) is 0 Å². The molecule has 1 N–H and O–H groups in total. The number of ketones is 1. The van der Waals surface area contributed by atoms with Gasteiger partial charge in [-0.2, -0.15) is 11.8 Å². The molecule has 0 aromatic heterocycles. The minimum absolute atomic E-state index is 0.0686. The van der Waals surface area contributed by atoms with Gasteiger partial charge in [-0.15, -0.1) is 0 Å². The Labute approximate surface area is 162 Å². The number of carbonyl (C=O) groups is 3. The van der Waals surface area contributed by atoms with Gasteiger partial charge in [0.1, 0.15) is 11.5 Å². The Morgan fingerprint density at radius 3 is 2.26 bits per heavy atom. The van der Waals surface area contributed by atoms with E-state index in [2.05, 4.69) is 5.32 Å².